The second-order valence-corrected chi connectivity index (χ2v) is 3.72. The average Bonchev–Trinajstić information content (AvgIpc) is 2.30. The highest BCUT2D eigenvalue weighted by molar-refractivity contribution is 4.85. The number of aromatic nitrogens is 2. The van der Waals surface area contributed by atoms with Crippen molar-refractivity contribution in [2.24, 2.45) is 7.05 Å². The summed E-state index contributed by atoms with van der Waals surface area (Å²) in [6.07, 6.45) is 1.56. The first kappa shape index (κ1) is 12.7. The first-order valence-electron chi connectivity index (χ1n) is 5.59. The zero-order chi connectivity index (χ0) is 12.1. The lowest BCUT2D eigenvalue weighted by Crippen LogP contribution is -2.39. The van der Waals surface area contributed by atoms with Crippen LogP contribution in [-0.2, 0) is 13.6 Å². The van der Waals surface area contributed by atoms with Crippen molar-refractivity contribution in [2.75, 3.05) is 19.6 Å². The van der Waals surface area contributed by atoms with Crippen molar-refractivity contribution in [3.05, 3.63) is 33.1 Å². The Hall–Kier alpha value is -1.36. The molecule has 16 heavy (non-hydrogen) atoms. The van der Waals surface area contributed by atoms with E-state index in [2.05, 4.69) is 18.7 Å². The molecule has 0 bridgehead atoms. The van der Waals surface area contributed by atoms with E-state index in [1.807, 2.05) is 0 Å². The molecule has 0 unspecified atom stereocenters. The second kappa shape index (κ2) is 5.65. The minimum atomic E-state index is -0.260. The maximum Gasteiger partial charge on any atom is 0.330 e. The Labute approximate surface area is 94.9 Å². The molecule has 5 nitrogen and oxygen atoms in total. The number of hydrogen-bond donors (Lipinski definition) is 0. The third kappa shape index (κ3) is 2.82. The Morgan fingerprint density at radius 1 is 1.25 bits per heavy atom. The van der Waals surface area contributed by atoms with E-state index >= 15 is 0 Å². The van der Waals surface area contributed by atoms with Crippen LogP contribution in [0, 0.1) is 0 Å². The predicted octanol–water partition coefficient (Wildman–Crippen LogP) is -0.111. The van der Waals surface area contributed by atoms with Crippen molar-refractivity contribution in [3.8, 4) is 0 Å². The van der Waals surface area contributed by atoms with E-state index in [0.717, 1.165) is 24.2 Å². The van der Waals surface area contributed by atoms with Crippen molar-refractivity contribution in [1.29, 1.82) is 0 Å². The minimum absolute atomic E-state index is 0.250. The molecule has 1 heterocycles. The standard InChI is InChI=1S/C11H19N3O2/c1-4-13(5-2)8-9-14-7-6-10(15)12(3)11(14)16/h6-7H,4-5,8-9H2,1-3H3. The normalized spacial score (nSPS) is 11.0. The lowest BCUT2D eigenvalue weighted by atomic mass is 10.4. The van der Waals surface area contributed by atoms with Gasteiger partial charge in [0.05, 0.1) is 0 Å². The Balaban J connectivity index is 2.79. The van der Waals surface area contributed by atoms with Crippen molar-refractivity contribution >= 4 is 0 Å². The smallest absolute Gasteiger partial charge is 0.302 e. The van der Waals surface area contributed by atoms with Crippen LogP contribution < -0.4 is 11.2 Å². The molecular formula is C11H19N3O2. The molecule has 0 saturated heterocycles. The van der Waals surface area contributed by atoms with Gasteiger partial charge in [0.2, 0.25) is 0 Å². The van der Waals surface area contributed by atoms with Crippen LogP contribution >= 0.6 is 0 Å². The summed E-state index contributed by atoms with van der Waals surface area (Å²) in [7, 11) is 1.50. The summed E-state index contributed by atoms with van der Waals surface area (Å²) >= 11 is 0. The van der Waals surface area contributed by atoms with Crippen LogP contribution in [0.2, 0.25) is 0 Å². The lowest BCUT2D eigenvalue weighted by Gasteiger charge is -2.18. The molecule has 1 rings (SSSR count). The topological polar surface area (TPSA) is 47.2 Å². The summed E-state index contributed by atoms with van der Waals surface area (Å²) < 4.78 is 2.70. The van der Waals surface area contributed by atoms with E-state index in [0.29, 0.717) is 6.54 Å². The molecule has 0 aliphatic heterocycles. The number of hydrogen-bond acceptors (Lipinski definition) is 3. The van der Waals surface area contributed by atoms with Gasteiger partial charge < -0.3 is 4.90 Å². The zero-order valence-corrected chi connectivity index (χ0v) is 10.1. The van der Waals surface area contributed by atoms with Crippen LogP contribution in [0.5, 0.6) is 0 Å². The van der Waals surface area contributed by atoms with E-state index in [9.17, 15) is 9.59 Å². The van der Waals surface area contributed by atoms with Gasteiger partial charge in [0.25, 0.3) is 5.56 Å². The molecule has 0 fully saturated rings. The highest BCUT2D eigenvalue weighted by Crippen LogP contribution is 1.88. The first-order valence-corrected chi connectivity index (χ1v) is 5.59. The maximum absolute atomic E-state index is 11.7. The Kier molecular flexibility index (Phi) is 4.49. The van der Waals surface area contributed by atoms with Gasteiger partial charge in [-0.15, -0.1) is 0 Å². The fraction of sp³-hybridized carbons (Fsp3) is 0.636. The van der Waals surface area contributed by atoms with Gasteiger partial charge in [-0.05, 0) is 13.1 Å². The molecule has 0 atom stereocenters. The molecular weight excluding hydrogens is 206 g/mol. The molecule has 5 heteroatoms. The Bertz CT molecular complexity index is 443. The molecule has 1 aromatic heterocycles. The van der Waals surface area contributed by atoms with Gasteiger partial charge in [0, 0.05) is 32.4 Å². The highest BCUT2D eigenvalue weighted by Gasteiger charge is 2.03. The van der Waals surface area contributed by atoms with Crippen molar-refractivity contribution in [1.82, 2.24) is 14.0 Å². The molecule has 1 aromatic rings. The first-order chi connectivity index (χ1) is 7.60. The number of nitrogens with zero attached hydrogens (tertiary/aromatic N) is 3. The largest absolute Gasteiger partial charge is 0.330 e. The number of likely N-dealkylation sites (N-methyl/N-ethyl adjacent to an activating group) is 1. The summed E-state index contributed by atoms with van der Waals surface area (Å²) in [6.45, 7) is 7.56. The van der Waals surface area contributed by atoms with Crippen LogP contribution in [0.1, 0.15) is 13.8 Å². The van der Waals surface area contributed by atoms with Gasteiger partial charge in [0.1, 0.15) is 0 Å². The fourth-order valence-electron chi connectivity index (χ4n) is 1.58. The minimum Gasteiger partial charge on any atom is -0.302 e. The number of rotatable bonds is 5. The van der Waals surface area contributed by atoms with Gasteiger partial charge in [-0.3, -0.25) is 13.9 Å². The molecule has 0 radical (unpaired) electrons. The molecule has 0 aliphatic carbocycles. The van der Waals surface area contributed by atoms with E-state index in [1.54, 1.807) is 10.8 Å². The molecule has 0 aromatic carbocycles. The summed E-state index contributed by atoms with van der Waals surface area (Å²) in [4.78, 5) is 25.1. The highest BCUT2D eigenvalue weighted by atomic mass is 16.2. The van der Waals surface area contributed by atoms with Crippen LogP contribution in [0.15, 0.2) is 21.9 Å². The molecule has 0 saturated carbocycles. The van der Waals surface area contributed by atoms with Crippen LogP contribution in [0.3, 0.4) is 0 Å². The quantitative estimate of drug-likeness (QED) is 0.702. The summed E-state index contributed by atoms with van der Waals surface area (Å²) in [5.74, 6) is 0. The van der Waals surface area contributed by atoms with E-state index < -0.39 is 0 Å². The summed E-state index contributed by atoms with van der Waals surface area (Å²) in [5, 5.41) is 0. The molecule has 0 amide bonds. The van der Waals surface area contributed by atoms with Crippen molar-refractivity contribution in [2.45, 2.75) is 20.4 Å². The zero-order valence-electron chi connectivity index (χ0n) is 10.1. The maximum atomic E-state index is 11.7. The van der Waals surface area contributed by atoms with Gasteiger partial charge in [-0.1, -0.05) is 13.8 Å². The monoisotopic (exact) mass is 225 g/mol. The Morgan fingerprint density at radius 2 is 1.88 bits per heavy atom. The third-order valence-corrected chi connectivity index (χ3v) is 2.81. The van der Waals surface area contributed by atoms with Crippen molar-refractivity contribution in [3.63, 3.8) is 0 Å². The fourth-order valence-corrected chi connectivity index (χ4v) is 1.58. The third-order valence-electron chi connectivity index (χ3n) is 2.81. The predicted molar refractivity (Wildman–Crippen MR) is 63.7 cm³/mol. The van der Waals surface area contributed by atoms with Crippen LogP contribution in [0.25, 0.3) is 0 Å². The van der Waals surface area contributed by atoms with Gasteiger partial charge >= 0.3 is 5.69 Å². The van der Waals surface area contributed by atoms with Gasteiger partial charge in [0.15, 0.2) is 0 Å². The molecule has 0 aliphatic rings. The molecule has 0 N–H and O–H groups in total. The molecule has 90 valence electrons. The average molecular weight is 225 g/mol. The van der Waals surface area contributed by atoms with E-state index in [4.69, 9.17) is 0 Å². The van der Waals surface area contributed by atoms with Crippen LogP contribution in [-0.4, -0.2) is 33.7 Å². The van der Waals surface area contributed by atoms with Gasteiger partial charge in [-0.25, -0.2) is 4.79 Å². The lowest BCUT2D eigenvalue weighted by molar-refractivity contribution is 0.287. The van der Waals surface area contributed by atoms with E-state index in [-0.39, 0.29) is 11.2 Å². The van der Waals surface area contributed by atoms with Crippen LogP contribution in [0.4, 0.5) is 0 Å². The molecule has 0 spiro atoms. The summed E-state index contributed by atoms with van der Waals surface area (Å²) in [5.41, 5.74) is -0.510. The Morgan fingerprint density at radius 3 is 2.44 bits per heavy atom. The SMILES string of the molecule is CCN(CC)CCn1ccc(=O)n(C)c1=O. The van der Waals surface area contributed by atoms with Crippen molar-refractivity contribution < 1.29 is 0 Å². The van der Waals surface area contributed by atoms with Gasteiger partial charge in [-0.2, -0.15) is 0 Å². The second-order valence-electron chi connectivity index (χ2n) is 3.72. The van der Waals surface area contributed by atoms with E-state index in [1.165, 1.54) is 13.1 Å². The summed E-state index contributed by atoms with van der Waals surface area (Å²) in [6, 6.07) is 1.42.